The second-order valence-corrected chi connectivity index (χ2v) is 17.2. The Hall–Kier alpha value is -9.42. The zero-order chi connectivity index (χ0) is 44.6. The van der Waals surface area contributed by atoms with Crippen molar-refractivity contribution in [3.05, 3.63) is 236 Å². The molecular formula is C62H37N5. The summed E-state index contributed by atoms with van der Waals surface area (Å²) in [5, 5.41) is 26.3. The Morgan fingerprint density at radius 3 is 0.866 bits per heavy atom. The van der Waals surface area contributed by atoms with Gasteiger partial charge in [0.15, 0.2) is 0 Å². The quantitative estimate of drug-likeness (QED) is 0.167. The second kappa shape index (κ2) is 15.1. The third kappa shape index (κ3) is 6.07. The Labute approximate surface area is 386 Å². The maximum Gasteiger partial charge on any atom is 0.0991 e. The number of nitrogens with zero attached hydrogens (tertiary/aromatic N) is 5. The summed E-state index contributed by atoms with van der Waals surface area (Å²) in [6.07, 6.45) is 0. The van der Waals surface area contributed by atoms with Crippen LogP contribution in [0.25, 0.3) is 116 Å². The molecule has 0 saturated carbocycles. The van der Waals surface area contributed by atoms with Gasteiger partial charge < -0.3 is 13.7 Å². The predicted octanol–water partition coefficient (Wildman–Crippen LogP) is 15.7. The first-order valence-electron chi connectivity index (χ1n) is 22.4. The van der Waals surface area contributed by atoms with E-state index >= 15 is 0 Å². The number of nitriles is 2. The van der Waals surface area contributed by atoms with Crippen LogP contribution in [-0.2, 0) is 0 Å². The van der Waals surface area contributed by atoms with Gasteiger partial charge in [-0.3, -0.25) is 0 Å². The number of para-hydroxylation sites is 4. The van der Waals surface area contributed by atoms with Gasteiger partial charge in [0.2, 0.25) is 0 Å². The molecule has 0 radical (unpaired) electrons. The first kappa shape index (κ1) is 38.1. The molecular weight excluding hydrogens is 815 g/mol. The van der Waals surface area contributed by atoms with Gasteiger partial charge in [0, 0.05) is 49.4 Å². The van der Waals surface area contributed by atoms with Crippen LogP contribution in [0.5, 0.6) is 0 Å². The molecule has 3 aromatic heterocycles. The van der Waals surface area contributed by atoms with E-state index in [-0.39, 0.29) is 0 Å². The van der Waals surface area contributed by atoms with Crippen LogP contribution in [0.15, 0.2) is 224 Å². The Kier molecular flexibility index (Phi) is 8.58. The highest BCUT2D eigenvalue weighted by molar-refractivity contribution is 6.14. The van der Waals surface area contributed by atoms with Crippen molar-refractivity contribution < 1.29 is 0 Å². The van der Waals surface area contributed by atoms with Gasteiger partial charge in [0.25, 0.3) is 0 Å². The van der Waals surface area contributed by atoms with Crippen molar-refractivity contribution in [1.29, 1.82) is 10.5 Å². The van der Waals surface area contributed by atoms with Crippen LogP contribution in [0.4, 0.5) is 0 Å². The molecule has 5 heteroatoms. The zero-order valence-corrected chi connectivity index (χ0v) is 36.1. The fourth-order valence-corrected chi connectivity index (χ4v) is 10.4. The lowest BCUT2D eigenvalue weighted by Crippen LogP contribution is -1.96. The molecule has 3 heterocycles. The fraction of sp³-hybridized carbons (Fsp3) is 0. The average Bonchev–Trinajstić information content (AvgIpc) is 4.04. The van der Waals surface area contributed by atoms with E-state index < -0.39 is 0 Å². The molecule has 0 N–H and O–H groups in total. The molecule has 13 rings (SSSR count). The van der Waals surface area contributed by atoms with Crippen LogP contribution < -0.4 is 0 Å². The van der Waals surface area contributed by atoms with Crippen LogP contribution in [0.1, 0.15) is 11.1 Å². The molecule has 13 aromatic rings. The highest BCUT2D eigenvalue weighted by atomic mass is 15.0. The Morgan fingerprint density at radius 1 is 0.239 bits per heavy atom. The molecule has 0 bridgehead atoms. The maximum absolute atomic E-state index is 9.50. The van der Waals surface area contributed by atoms with Gasteiger partial charge in [-0.2, -0.15) is 10.5 Å². The molecule has 0 aliphatic carbocycles. The topological polar surface area (TPSA) is 62.4 Å². The van der Waals surface area contributed by atoms with Crippen LogP contribution >= 0.6 is 0 Å². The van der Waals surface area contributed by atoms with Crippen LogP contribution in [0.3, 0.4) is 0 Å². The third-order valence-corrected chi connectivity index (χ3v) is 13.5. The molecule has 0 saturated heterocycles. The van der Waals surface area contributed by atoms with Crippen molar-refractivity contribution in [2.75, 3.05) is 0 Å². The van der Waals surface area contributed by atoms with E-state index in [0.717, 1.165) is 61.5 Å². The van der Waals surface area contributed by atoms with Gasteiger partial charge in [0.1, 0.15) is 0 Å². The monoisotopic (exact) mass is 851 g/mol. The van der Waals surface area contributed by atoms with Crippen LogP contribution in [0.2, 0.25) is 0 Å². The fourth-order valence-electron chi connectivity index (χ4n) is 10.4. The van der Waals surface area contributed by atoms with Gasteiger partial charge in [-0.1, -0.05) is 109 Å². The summed E-state index contributed by atoms with van der Waals surface area (Å²) in [5.74, 6) is 0. The summed E-state index contributed by atoms with van der Waals surface area (Å²) in [7, 11) is 0. The molecule has 67 heavy (non-hydrogen) atoms. The van der Waals surface area contributed by atoms with Crippen molar-refractivity contribution in [2.45, 2.75) is 0 Å². The summed E-state index contributed by atoms with van der Waals surface area (Å²) in [5.41, 5.74) is 17.8. The summed E-state index contributed by atoms with van der Waals surface area (Å²) in [4.78, 5) is 0. The van der Waals surface area contributed by atoms with Crippen molar-refractivity contribution >= 4 is 65.4 Å². The van der Waals surface area contributed by atoms with Gasteiger partial charge in [-0.15, -0.1) is 0 Å². The molecule has 0 unspecified atom stereocenters. The lowest BCUT2D eigenvalue weighted by Gasteiger charge is -2.13. The van der Waals surface area contributed by atoms with E-state index in [9.17, 15) is 10.5 Å². The summed E-state index contributed by atoms with van der Waals surface area (Å²) >= 11 is 0. The van der Waals surface area contributed by atoms with Gasteiger partial charge in [0.05, 0.1) is 56.4 Å². The highest BCUT2D eigenvalue weighted by Gasteiger charge is 2.19. The van der Waals surface area contributed by atoms with Crippen molar-refractivity contribution in [3.63, 3.8) is 0 Å². The second-order valence-electron chi connectivity index (χ2n) is 17.2. The molecule has 0 aliphatic heterocycles. The van der Waals surface area contributed by atoms with E-state index in [2.05, 4.69) is 202 Å². The van der Waals surface area contributed by atoms with Crippen molar-refractivity contribution in [1.82, 2.24) is 13.7 Å². The molecule has 5 nitrogen and oxygen atoms in total. The van der Waals surface area contributed by atoms with E-state index in [1.807, 2.05) is 48.5 Å². The SMILES string of the molecule is N#Cc1ccc(-c2cc(-c3ccc(C#N)cc3)cc(-c3ccc(-n4c5ccc(-n6c7ccccc7c7ccccc76)cc5c5cc(-n6c7ccccc7c7ccccc76)ccc54)cc3)c2)cc1. The minimum Gasteiger partial charge on any atom is -0.309 e. The van der Waals surface area contributed by atoms with Crippen molar-refractivity contribution in [3.8, 4) is 62.6 Å². The average molecular weight is 852 g/mol. The van der Waals surface area contributed by atoms with E-state index in [0.29, 0.717) is 11.1 Å². The molecule has 0 amide bonds. The molecule has 310 valence electrons. The number of benzene rings is 10. The van der Waals surface area contributed by atoms with E-state index in [1.54, 1.807) is 0 Å². The standard InChI is InChI=1S/C62H37N5/c63-38-40-17-21-42(22-18-40)45-33-46(43-23-19-41(39-64)20-24-43)35-47(34-45)44-25-27-48(28-26-44)65-61-31-29-49(66-57-13-5-1-9-51(57)52-10-2-6-14-58(52)66)36-55(61)56-37-50(30-32-62(56)65)67-59-15-7-3-11-53(59)54-12-4-8-16-60(54)67/h1-37H. The summed E-state index contributed by atoms with van der Waals surface area (Å²) in [6.45, 7) is 0. The maximum atomic E-state index is 9.50. The largest absolute Gasteiger partial charge is 0.309 e. The minimum atomic E-state index is 0.624. The molecule has 0 spiro atoms. The number of fused-ring (bicyclic) bond motifs is 9. The van der Waals surface area contributed by atoms with Crippen LogP contribution in [-0.4, -0.2) is 13.7 Å². The number of hydrogen-bond acceptors (Lipinski definition) is 2. The smallest absolute Gasteiger partial charge is 0.0991 e. The number of aromatic nitrogens is 3. The van der Waals surface area contributed by atoms with E-state index in [1.165, 1.54) is 54.4 Å². The van der Waals surface area contributed by atoms with Crippen molar-refractivity contribution in [2.24, 2.45) is 0 Å². The van der Waals surface area contributed by atoms with E-state index in [4.69, 9.17) is 0 Å². The van der Waals surface area contributed by atoms with Gasteiger partial charge in [-0.05, 0) is 149 Å². The molecule has 10 aromatic carbocycles. The Balaban J connectivity index is 1.00. The third-order valence-electron chi connectivity index (χ3n) is 13.5. The summed E-state index contributed by atoms with van der Waals surface area (Å²) in [6, 6.07) is 84.1. The Bertz CT molecular complexity index is 3850. The molecule has 0 fully saturated rings. The van der Waals surface area contributed by atoms with Gasteiger partial charge >= 0.3 is 0 Å². The minimum absolute atomic E-state index is 0.624. The first-order chi connectivity index (χ1) is 33.1. The van der Waals surface area contributed by atoms with Crippen LogP contribution in [0, 0.1) is 22.7 Å². The predicted molar refractivity (Wildman–Crippen MR) is 275 cm³/mol. The zero-order valence-electron chi connectivity index (χ0n) is 36.1. The lowest BCUT2D eigenvalue weighted by atomic mass is 9.93. The number of hydrogen-bond donors (Lipinski definition) is 0. The first-order valence-corrected chi connectivity index (χ1v) is 22.4. The number of rotatable bonds is 6. The van der Waals surface area contributed by atoms with Gasteiger partial charge in [-0.25, -0.2) is 0 Å². The normalized spacial score (nSPS) is 11.6. The highest BCUT2D eigenvalue weighted by Crippen LogP contribution is 2.40. The summed E-state index contributed by atoms with van der Waals surface area (Å²) < 4.78 is 7.20. The Morgan fingerprint density at radius 2 is 0.522 bits per heavy atom. The molecule has 0 atom stereocenters. The lowest BCUT2D eigenvalue weighted by molar-refractivity contribution is 1.16. The molecule has 0 aliphatic rings.